The normalized spacial score (nSPS) is 18.6. The fourth-order valence-corrected chi connectivity index (χ4v) is 2.75. The Balaban J connectivity index is 1.59. The van der Waals surface area contributed by atoms with Crippen LogP contribution in [0.25, 0.3) is 0 Å². The standard InChI is InChI=1S/C15H19FN2O/c16-13-7-11(5-6-14(13)17)15(19)18-8-12(9-1-2-9)10-3-4-10/h5-7,9-10,12H,1-4,8,17H2,(H,18,19). The van der Waals surface area contributed by atoms with E-state index < -0.39 is 5.82 Å². The van der Waals surface area contributed by atoms with E-state index in [9.17, 15) is 9.18 Å². The van der Waals surface area contributed by atoms with E-state index in [1.807, 2.05) is 0 Å². The monoisotopic (exact) mass is 262 g/mol. The second-order valence-electron chi connectivity index (χ2n) is 5.79. The molecule has 0 aliphatic heterocycles. The van der Waals surface area contributed by atoms with Gasteiger partial charge in [0.2, 0.25) is 0 Å². The van der Waals surface area contributed by atoms with Gasteiger partial charge in [0, 0.05) is 12.1 Å². The van der Waals surface area contributed by atoms with Crippen LogP contribution in [0.2, 0.25) is 0 Å². The third-order valence-electron chi connectivity index (χ3n) is 4.22. The number of benzene rings is 1. The summed E-state index contributed by atoms with van der Waals surface area (Å²) in [4.78, 5) is 12.0. The summed E-state index contributed by atoms with van der Waals surface area (Å²) >= 11 is 0. The van der Waals surface area contributed by atoms with E-state index in [1.165, 1.54) is 37.8 Å². The van der Waals surface area contributed by atoms with Crippen molar-refractivity contribution < 1.29 is 9.18 Å². The Morgan fingerprint density at radius 2 is 1.95 bits per heavy atom. The summed E-state index contributed by atoms with van der Waals surface area (Å²) < 4.78 is 13.3. The largest absolute Gasteiger partial charge is 0.396 e. The molecule has 1 amide bonds. The summed E-state index contributed by atoms with van der Waals surface area (Å²) in [5.41, 5.74) is 5.82. The molecule has 3 N–H and O–H groups in total. The second kappa shape index (κ2) is 4.83. The van der Waals surface area contributed by atoms with Gasteiger partial charge in [-0.25, -0.2) is 4.39 Å². The molecule has 0 radical (unpaired) electrons. The topological polar surface area (TPSA) is 55.1 Å². The zero-order valence-corrected chi connectivity index (χ0v) is 10.9. The Bertz CT molecular complexity index is 483. The molecule has 3 rings (SSSR count). The highest BCUT2D eigenvalue weighted by Crippen LogP contribution is 2.48. The van der Waals surface area contributed by atoms with Gasteiger partial charge < -0.3 is 11.1 Å². The minimum atomic E-state index is -0.534. The van der Waals surface area contributed by atoms with Crippen LogP contribution in [0.3, 0.4) is 0 Å². The molecule has 2 fully saturated rings. The fraction of sp³-hybridized carbons (Fsp3) is 0.533. The lowest BCUT2D eigenvalue weighted by Gasteiger charge is -2.16. The van der Waals surface area contributed by atoms with Crippen LogP contribution in [0.1, 0.15) is 36.0 Å². The number of carbonyl (C=O) groups is 1. The van der Waals surface area contributed by atoms with Gasteiger partial charge in [0.1, 0.15) is 5.82 Å². The molecule has 0 atom stereocenters. The van der Waals surface area contributed by atoms with Crippen molar-refractivity contribution >= 4 is 11.6 Å². The molecule has 0 aromatic heterocycles. The minimum absolute atomic E-state index is 0.0744. The number of hydrogen-bond acceptors (Lipinski definition) is 2. The summed E-state index contributed by atoms with van der Waals surface area (Å²) in [7, 11) is 0. The van der Waals surface area contributed by atoms with Gasteiger partial charge in [-0.15, -0.1) is 0 Å². The number of rotatable bonds is 5. The van der Waals surface area contributed by atoms with E-state index in [0.29, 0.717) is 11.5 Å². The fourth-order valence-electron chi connectivity index (χ4n) is 2.75. The Morgan fingerprint density at radius 1 is 1.32 bits per heavy atom. The van der Waals surface area contributed by atoms with E-state index in [1.54, 1.807) is 6.07 Å². The average molecular weight is 262 g/mol. The van der Waals surface area contributed by atoms with Crippen molar-refractivity contribution in [2.45, 2.75) is 25.7 Å². The number of nitrogens with two attached hydrogens (primary N) is 1. The summed E-state index contributed by atoms with van der Waals surface area (Å²) in [6.45, 7) is 0.722. The highest BCUT2D eigenvalue weighted by atomic mass is 19.1. The molecule has 0 bridgehead atoms. The number of amides is 1. The van der Waals surface area contributed by atoms with Crippen LogP contribution in [0, 0.1) is 23.6 Å². The highest BCUT2D eigenvalue weighted by Gasteiger charge is 2.41. The smallest absolute Gasteiger partial charge is 0.251 e. The van der Waals surface area contributed by atoms with Gasteiger partial charge in [-0.2, -0.15) is 0 Å². The number of anilines is 1. The average Bonchev–Trinajstić information content (AvgIpc) is 3.26. The molecule has 2 aliphatic rings. The van der Waals surface area contributed by atoms with Gasteiger partial charge in [0.25, 0.3) is 5.91 Å². The quantitative estimate of drug-likeness (QED) is 0.801. The van der Waals surface area contributed by atoms with Gasteiger partial charge in [0.05, 0.1) is 5.69 Å². The first-order valence-corrected chi connectivity index (χ1v) is 6.98. The van der Waals surface area contributed by atoms with E-state index in [0.717, 1.165) is 18.4 Å². The van der Waals surface area contributed by atoms with Crippen molar-refractivity contribution in [3.63, 3.8) is 0 Å². The second-order valence-corrected chi connectivity index (χ2v) is 5.79. The lowest BCUT2D eigenvalue weighted by atomic mass is 9.98. The number of nitrogen functional groups attached to an aromatic ring is 1. The zero-order valence-electron chi connectivity index (χ0n) is 10.9. The maximum absolute atomic E-state index is 13.3. The predicted octanol–water partition coefficient (Wildman–Crippen LogP) is 2.57. The van der Waals surface area contributed by atoms with Crippen molar-refractivity contribution in [2.24, 2.45) is 17.8 Å². The van der Waals surface area contributed by atoms with E-state index in [4.69, 9.17) is 5.73 Å². The molecular formula is C15H19FN2O. The molecule has 2 saturated carbocycles. The first kappa shape index (κ1) is 12.5. The van der Waals surface area contributed by atoms with Crippen molar-refractivity contribution in [3.05, 3.63) is 29.6 Å². The lowest BCUT2D eigenvalue weighted by Crippen LogP contribution is -2.31. The number of carbonyl (C=O) groups excluding carboxylic acids is 1. The van der Waals surface area contributed by atoms with E-state index in [-0.39, 0.29) is 11.6 Å². The lowest BCUT2D eigenvalue weighted by molar-refractivity contribution is 0.0943. The Morgan fingerprint density at radius 3 is 2.47 bits per heavy atom. The van der Waals surface area contributed by atoms with E-state index >= 15 is 0 Å². The SMILES string of the molecule is Nc1ccc(C(=O)NCC(C2CC2)C2CC2)cc1F. The Kier molecular flexibility index (Phi) is 3.17. The first-order chi connectivity index (χ1) is 9.15. The van der Waals surface area contributed by atoms with Crippen LogP contribution in [-0.4, -0.2) is 12.5 Å². The molecule has 19 heavy (non-hydrogen) atoms. The predicted molar refractivity (Wildman–Crippen MR) is 72.1 cm³/mol. The molecule has 1 aromatic rings. The zero-order chi connectivity index (χ0) is 13.4. The maximum atomic E-state index is 13.3. The first-order valence-electron chi connectivity index (χ1n) is 6.98. The molecule has 102 valence electrons. The molecule has 4 heteroatoms. The molecule has 0 saturated heterocycles. The van der Waals surface area contributed by atoms with Crippen LogP contribution in [-0.2, 0) is 0 Å². The van der Waals surface area contributed by atoms with Gasteiger partial charge >= 0.3 is 0 Å². The molecule has 3 nitrogen and oxygen atoms in total. The third-order valence-corrected chi connectivity index (χ3v) is 4.22. The number of halogens is 1. The molecular weight excluding hydrogens is 243 g/mol. The van der Waals surface area contributed by atoms with Crippen molar-refractivity contribution in [1.82, 2.24) is 5.32 Å². The van der Waals surface area contributed by atoms with Crippen LogP contribution in [0.15, 0.2) is 18.2 Å². The summed E-state index contributed by atoms with van der Waals surface area (Å²) in [6.07, 6.45) is 5.20. The molecule has 1 aromatic carbocycles. The maximum Gasteiger partial charge on any atom is 0.251 e. The number of hydrogen-bond donors (Lipinski definition) is 2. The highest BCUT2D eigenvalue weighted by molar-refractivity contribution is 5.94. The Hall–Kier alpha value is -1.58. The van der Waals surface area contributed by atoms with Gasteiger partial charge in [-0.3, -0.25) is 4.79 Å². The summed E-state index contributed by atoms with van der Waals surface area (Å²) in [5.74, 6) is 1.49. The van der Waals surface area contributed by atoms with Gasteiger partial charge in [-0.1, -0.05) is 0 Å². The van der Waals surface area contributed by atoms with Gasteiger partial charge in [0.15, 0.2) is 0 Å². The molecule has 0 spiro atoms. The van der Waals surface area contributed by atoms with Crippen molar-refractivity contribution in [1.29, 1.82) is 0 Å². The molecule has 0 unspecified atom stereocenters. The van der Waals surface area contributed by atoms with Crippen LogP contribution in [0.4, 0.5) is 10.1 Å². The summed E-state index contributed by atoms with van der Waals surface area (Å²) in [5, 5.41) is 2.94. The molecule has 2 aliphatic carbocycles. The van der Waals surface area contributed by atoms with Crippen molar-refractivity contribution in [3.8, 4) is 0 Å². The third kappa shape index (κ3) is 2.88. The number of nitrogens with one attached hydrogen (secondary N) is 1. The minimum Gasteiger partial charge on any atom is -0.396 e. The van der Waals surface area contributed by atoms with Crippen LogP contribution >= 0.6 is 0 Å². The van der Waals surface area contributed by atoms with Crippen LogP contribution in [0.5, 0.6) is 0 Å². The van der Waals surface area contributed by atoms with Crippen molar-refractivity contribution in [2.75, 3.05) is 12.3 Å². The summed E-state index contributed by atoms with van der Waals surface area (Å²) in [6, 6.07) is 4.20. The van der Waals surface area contributed by atoms with Crippen LogP contribution < -0.4 is 11.1 Å². The van der Waals surface area contributed by atoms with Gasteiger partial charge in [-0.05, 0) is 61.6 Å². The Labute approximate surface area is 112 Å². The molecule has 0 heterocycles. The van der Waals surface area contributed by atoms with E-state index in [2.05, 4.69) is 5.32 Å².